The van der Waals surface area contributed by atoms with Crippen LogP contribution in [0.25, 0.3) is 0 Å². The number of hydrogen-bond donors (Lipinski definition) is 1. The number of nitrogens with zero attached hydrogens (tertiary/aromatic N) is 1. The maximum Gasteiger partial charge on any atom is 0.407 e. The molecule has 2 atom stereocenters. The number of likely N-dealkylation sites (tertiary alicyclic amines) is 1. The van der Waals surface area contributed by atoms with Gasteiger partial charge in [-0.3, -0.25) is 0 Å². The number of alkyl carbamates (subject to hydrolysis) is 1. The summed E-state index contributed by atoms with van der Waals surface area (Å²) in [7, 11) is 0. The van der Waals surface area contributed by atoms with Crippen molar-refractivity contribution >= 4 is 22.0 Å². The maximum absolute atomic E-state index is 11.7. The van der Waals surface area contributed by atoms with E-state index >= 15 is 0 Å². The van der Waals surface area contributed by atoms with E-state index in [0.717, 1.165) is 42.4 Å². The Balaban J connectivity index is 1.33. The predicted octanol–water partition coefficient (Wildman–Crippen LogP) is 3.69. The van der Waals surface area contributed by atoms with Crippen LogP contribution < -0.4 is 5.32 Å². The normalized spacial score (nSPS) is 26.1. The lowest BCUT2D eigenvalue weighted by Crippen LogP contribution is -2.41. The van der Waals surface area contributed by atoms with Crippen LogP contribution in [0.5, 0.6) is 0 Å². The van der Waals surface area contributed by atoms with Crippen LogP contribution in [-0.2, 0) is 11.2 Å². The highest BCUT2D eigenvalue weighted by molar-refractivity contribution is 9.10. The SMILES string of the molecule is CC(C)(C)NC(=O)OCC1C2CN(CCc3ccc(Br)cc3)CC12. The molecule has 5 heteroatoms. The molecular formula is C19H27BrN2O2. The van der Waals surface area contributed by atoms with Gasteiger partial charge in [0.1, 0.15) is 0 Å². The average Bonchev–Trinajstić information content (AvgIpc) is 2.94. The molecule has 1 N–H and O–H groups in total. The molecule has 3 rings (SSSR count). The van der Waals surface area contributed by atoms with E-state index in [1.54, 1.807) is 0 Å². The number of fused-ring (bicyclic) bond motifs is 1. The van der Waals surface area contributed by atoms with Crippen LogP contribution in [0.3, 0.4) is 0 Å². The highest BCUT2D eigenvalue weighted by atomic mass is 79.9. The minimum absolute atomic E-state index is 0.236. The summed E-state index contributed by atoms with van der Waals surface area (Å²) in [5, 5.41) is 2.84. The molecule has 2 unspecified atom stereocenters. The summed E-state index contributed by atoms with van der Waals surface area (Å²) < 4.78 is 6.51. The van der Waals surface area contributed by atoms with Crippen LogP contribution in [0.2, 0.25) is 0 Å². The van der Waals surface area contributed by atoms with E-state index in [9.17, 15) is 4.79 Å². The standard InChI is InChI=1S/C19H27BrN2O2/c1-19(2,3)21-18(23)24-12-17-15-10-22(11-16(15)17)9-8-13-4-6-14(20)7-5-13/h4-7,15-17H,8-12H2,1-3H3,(H,21,23). The third-order valence-corrected chi connectivity index (χ3v) is 5.49. The molecule has 1 heterocycles. The maximum atomic E-state index is 11.7. The van der Waals surface area contributed by atoms with Crippen molar-refractivity contribution in [3.05, 3.63) is 34.3 Å². The summed E-state index contributed by atoms with van der Waals surface area (Å²) in [5.41, 5.74) is 1.15. The molecule has 2 fully saturated rings. The number of benzene rings is 1. The average molecular weight is 395 g/mol. The van der Waals surface area contributed by atoms with Crippen LogP contribution in [0.15, 0.2) is 28.7 Å². The first-order valence-corrected chi connectivity index (χ1v) is 9.53. The Bertz CT molecular complexity index is 570. The lowest BCUT2D eigenvalue weighted by Gasteiger charge is -2.21. The molecule has 0 radical (unpaired) electrons. The van der Waals surface area contributed by atoms with Crippen molar-refractivity contribution in [3.63, 3.8) is 0 Å². The van der Waals surface area contributed by atoms with Crippen LogP contribution >= 0.6 is 15.9 Å². The number of carbonyl (C=O) groups excluding carboxylic acids is 1. The van der Waals surface area contributed by atoms with Gasteiger partial charge in [-0.05, 0) is 56.7 Å². The summed E-state index contributed by atoms with van der Waals surface area (Å²) in [6.45, 7) is 9.87. The van der Waals surface area contributed by atoms with Gasteiger partial charge >= 0.3 is 6.09 Å². The largest absolute Gasteiger partial charge is 0.449 e. The van der Waals surface area contributed by atoms with Crippen molar-refractivity contribution in [1.29, 1.82) is 0 Å². The lowest BCUT2D eigenvalue weighted by atomic mass is 10.1. The Morgan fingerprint density at radius 1 is 1.25 bits per heavy atom. The van der Waals surface area contributed by atoms with Gasteiger partial charge in [0.25, 0.3) is 0 Å². The van der Waals surface area contributed by atoms with Gasteiger partial charge in [0.15, 0.2) is 0 Å². The number of nitrogens with one attached hydrogen (secondary N) is 1. The molecule has 1 aliphatic heterocycles. The fourth-order valence-corrected chi connectivity index (χ4v) is 3.88. The van der Waals surface area contributed by atoms with Gasteiger partial charge < -0.3 is 15.0 Å². The zero-order valence-electron chi connectivity index (χ0n) is 14.7. The van der Waals surface area contributed by atoms with Crippen molar-refractivity contribution in [2.24, 2.45) is 17.8 Å². The number of hydrogen-bond acceptors (Lipinski definition) is 3. The molecule has 1 amide bonds. The molecule has 1 aromatic carbocycles. The van der Waals surface area contributed by atoms with E-state index in [0.29, 0.717) is 12.5 Å². The molecule has 0 spiro atoms. The predicted molar refractivity (Wildman–Crippen MR) is 99.0 cm³/mol. The third-order valence-electron chi connectivity index (χ3n) is 4.96. The zero-order valence-corrected chi connectivity index (χ0v) is 16.3. The molecular weight excluding hydrogens is 368 g/mol. The van der Waals surface area contributed by atoms with Gasteiger partial charge in [0.05, 0.1) is 6.61 Å². The number of amides is 1. The summed E-state index contributed by atoms with van der Waals surface area (Å²) in [6.07, 6.45) is 0.807. The molecule has 4 nitrogen and oxygen atoms in total. The number of halogens is 1. The van der Waals surface area contributed by atoms with E-state index in [1.165, 1.54) is 5.56 Å². The highest BCUT2D eigenvalue weighted by Crippen LogP contribution is 2.51. The number of rotatable bonds is 5. The Labute approximate surface area is 153 Å². The lowest BCUT2D eigenvalue weighted by molar-refractivity contribution is 0.124. The molecule has 0 aromatic heterocycles. The highest BCUT2D eigenvalue weighted by Gasteiger charge is 2.55. The Morgan fingerprint density at radius 3 is 2.46 bits per heavy atom. The summed E-state index contributed by atoms with van der Waals surface area (Å²) in [5.74, 6) is 2.01. The molecule has 1 saturated heterocycles. The Kier molecular flexibility index (Phi) is 5.21. The molecule has 132 valence electrons. The second-order valence-corrected chi connectivity index (χ2v) is 9.02. The van der Waals surface area contributed by atoms with E-state index in [1.807, 2.05) is 20.8 Å². The monoisotopic (exact) mass is 394 g/mol. The third kappa shape index (κ3) is 4.73. The number of carbonyl (C=O) groups is 1. The van der Waals surface area contributed by atoms with Crippen LogP contribution in [0, 0.1) is 17.8 Å². The molecule has 1 saturated carbocycles. The second-order valence-electron chi connectivity index (χ2n) is 8.10. The number of piperidine rings is 1. The fraction of sp³-hybridized carbons (Fsp3) is 0.632. The summed E-state index contributed by atoms with van der Waals surface area (Å²) >= 11 is 3.47. The summed E-state index contributed by atoms with van der Waals surface area (Å²) in [6, 6.07) is 8.58. The topological polar surface area (TPSA) is 41.6 Å². The van der Waals surface area contributed by atoms with Crippen molar-refractivity contribution in [3.8, 4) is 0 Å². The molecule has 1 aliphatic carbocycles. The van der Waals surface area contributed by atoms with Gasteiger partial charge in [0.2, 0.25) is 0 Å². The van der Waals surface area contributed by atoms with E-state index in [4.69, 9.17) is 4.74 Å². The minimum Gasteiger partial charge on any atom is -0.449 e. The smallest absolute Gasteiger partial charge is 0.407 e. The van der Waals surface area contributed by atoms with E-state index < -0.39 is 0 Å². The second kappa shape index (κ2) is 7.04. The van der Waals surface area contributed by atoms with Crippen LogP contribution in [0.4, 0.5) is 4.79 Å². The quantitative estimate of drug-likeness (QED) is 0.827. The Hall–Kier alpha value is -1.07. The van der Waals surface area contributed by atoms with Gasteiger partial charge in [-0.25, -0.2) is 4.79 Å². The minimum atomic E-state index is -0.292. The van der Waals surface area contributed by atoms with Crippen molar-refractivity contribution in [2.75, 3.05) is 26.2 Å². The Morgan fingerprint density at radius 2 is 1.88 bits per heavy atom. The fourth-order valence-electron chi connectivity index (χ4n) is 3.62. The van der Waals surface area contributed by atoms with Gasteiger partial charge in [-0.1, -0.05) is 28.1 Å². The van der Waals surface area contributed by atoms with E-state index in [-0.39, 0.29) is 11.6 Å². The van der Waals surface area contributed by atoms with Crippen molar-refractivity contribution in [1.82, 2.24) is 10.2 Å². The zero-order chi connectivity index (χ0) is 17.3. The molecule has 1 aromatic rings. The van der Waals surface area contributed by atoms with Crippen molar-refractivity contribution < 1.29 is 9.53 Å². The van der Waals surface area contributed by atoms with Crippen LogP contribution in [-0.4, -0.2) is 42.8 Å². The van der Waals surface area contributed by atoms with Gasteiger partial charge in [-0.2, -0.15) is 0 Å². The first-order valence-electron chi connectivity index (χ1n) is 8.73. The van der Waals surface area contributed by atoms with Gasteiger partial charge in [0, 0.05) is 35.6 Å². The van der Waals surface area contributed by atoms with Crippen LogP contribution in [0.1, 0.15) is 26.3 Å². The van der Waals surface area contributed by atoms with Gasteiger partial charge in [-0.15, -0.1) is 0 Å². The molecule has 24 heavy (non-hydrogen) atoms. The molecule has 2 aliphatic rings. The molecule has 0 bridgehead atoms. The van der Waals surface area contributed by atoms with E-state index in [2.05, 4.69) is 50.4 Å². The number of ether oxygens (including phenoxy) is 1. The first kappa shape index (κ1) is 17.7. The first-order chi connectivity index (χ1) is 11.3. The summed E-state index contributed by atoms with van der Waals surface area (Å²) in [4.78, 5) is 14.3. The van der Waals surface area contributed by atoms with Crippen molar-refractivity contribution in [2.45, 2.75) is 32.7 Å².